The largest absolute Gasteiger partial charge is 0.370 e. The summed E-state index contributed by atoms with van der Waals surface area (Å²) in [7, 11) is 2.21. The summed E-state index contributed by atoms with van der Waals surface area (Å²) in [6.45, 7) is 7.02. The van der Waals surface area contributed by atoms with Crippen molar-refractivity contribution in [2.45, 2.75) is 19.3 Å². The molecule has 3 nitrogen and oxygen atoms in total. The Balaban J connectivity index is 1.80. The maximum absolute atomic E-state index is 3.27. The SMILES string of the molecule is CN1CCN(c2c[c]ccc2N2CCCCC2)CC1. The van der Waals surface area contributed by atoms with E-state index in [1.54, 1.807) is 0 Å². The number of piperazine rings is 1. The van der Waals surface area contributed by atoms with Crippen molar-refractivity contribution in [2.24, 2.45) is 0 Å². The highest BCUT2D eigenvalue weighted by Gasteiger charge is 2.20. The molecular weight excluding hydrogens is 234 g/mol. The van der Waals surface area contributed by atoms with Crippen LogP contribution in [0.5, 0.6) is 0 Å². The Labute approximate surface area is 116 Å². The van der Waals surface area contributed by atoms with Gasteiger partial charge in [-0.25, -0.2) is 0 Å². The molecular formula is C16H24N3. The molecule has 0 unspecified atom stereocenters. The first-order chi connectivity index (χ1) is 9.34. The van der Waals surface area contributed by atoms with Crippen LogP contribution >= 0.6 is 0 Å². The minimum atomic E-state index is 1.13. The van der Waals surface area contributed by atoms with Crippen LogP contribution in [0.2, 0.25) is 0 Å². The van der Waals surface area contributed by atoms with Crippen molar-refractivity contribution in [3.63, 3.8) is 0 Å². The van der Waals surface area contributed by atoms with Crippen LogP contribution in [0.1, 0.15) is 19.3 Å². The predicted octanol–water partition coefficient (Wildman–Crippen LogP) is 2.23. The topological polar surface area (TPSA) is 9.72 Å². The van der Waals surface area contributed by atoms with Gasteiger partial charge in [-0.3, -0.25) is 0 Å². The Kier molecular flexibility index (Phi) is 3.92. The molecule has 0 aliphatic carbocycles. The fourth-order valence-corrected chi connectivity index (χ4v) is 3.12. The van der Waals surface area contributed by atoms with E-state index in [2.05, 4.69) is 46.0 Å². The highest BCUT2D eigenvalue weighted by Crippen LogP contribution is 2.31. The molecule has 0 atom stereocenters. The highest BCUT2D eigenvalue weighted by molar-refractivity contribution is 5.71. The molecule has 0 N–H and O–H groups in total. The lowest BCUT2D eigenvalue weighted by Crippen LogP contribution is -2.45. The second kappa shape index (κ2) is 5.83. The summed E-state index contributed by atoms with van der Waals surface area (Å²) in [5.41, 5.74) is 2.81. The zero-order chi connectivity index (χ0) is 13.1. The van der Waals surface area contributed by atoms with Crippen molar-refractivity contribution in [2.75, 3.05) is 56.1 Å². The summed E-state index contributed by atoms with van der Waals surface area (Å²) in [5, 5.41) is 0. The van der Waals surface area contributed by atoms with E-state index < -0.39 is 0 Å². The van der Waals surface area contributed by atoms with Gasteiger partial charge >= 0.3 is 0 Å². The minimum absolute atomic E-state index is 1.13. The van der Waals surface area contributed by atoms with Gasteiger partial charge in [0.1, 0.15) is 0 Å². The van der Waals surface area contributed by atoms with Gasteiger partial charge in [-0.15, -0.1) is 0 Å². The first-order valence-corrected chi connectivity index (χ1v) is 7.53. The molecule has 103 valence electrons. The van der Waals surface area contributed by atoms with Crippen LogP contribution in [-0.2, 0) is 0 Å². The number of hydrogen-bond acceptors (Lipinski definition) is 3. The molecule has 2 aliphatic heterocycles. The molecule has 2 saturated heterocycles. The molecule has 1 radical (unpaired) electrons. The van der Waals surface area contributed by atoms with Gasteiger partial charge in [0, 0.05) is 39.3 Å². The Morgan fingerprint density at radius 3 is 2.26 bits per heavy atom. The van der Waals surface area contributed by atoms with Crippen molar-refractivity contribution >= 4 is 11.4 Å². The van der Waals surface area contributed by atoms with Crippen molar-refractivity contribution in [3.8, 4) is 0 Å². The molecule has 1 aromatic rings. The van der Waals surface area contributed by atoms with Crippen LogP contribution in [0.15, 0.2) is 18.2 Å². The van der Waals surface area contributed by atoms with Crippen LogP contribution in [0.4, 0.5) is 11.4 Å². The molecule has 2 aliphatic rings. The van der Waals surface area contributed by atoms with E-state index in [-0.39, 0.29) is 0 Å². The van der Waals surface area contributed by atoms with Crippen molar-refractivity contribution in [3.05, 3.63) is 24.3 Å². The monoisotopic (exact) mass is 258 g/mol. The lowest BCUT2D eigenvalue weighted by Gasteiger charge is -2.38. The van der Waals surface area contributed by atoms with Crippen LogP contribution in [0.25, 0.3) is 0 Å². The molecule has 3 rings (SSSR count). The van der Waals surface area contributed by atoms with E-state index >= 15 is 0 Å². The Morgan fingerprint density at radius 2 is 1.53 bits per heavy atom. The summed E-state index contributed by atoms with van der Waals surface area (Å²) >= 11 is 0. The summed E-state index contributed by atoms with van der Waals surface area (Å²) in [6.07, 6.45) is 4.06. The molecule has 19 heavy (non-hydrogen) atoms. The summed E-state index contributed by atoms with van der Waals surface area (Å²) in [5.74, 6) is 0. The average Bonchev–Trinajstić information content (AvgIpc) is 2.49. The molecule has 0 amide bonds. The zero-order valence-electron chi connectivity index (χ0n) is 11.9. The van der Waals surface area contributed by atoms with Gasteiger partial charge in [0.15, 0.2) is 0 Å². The third-order valence-electron chi connectivity index (χ3n) is 4.36. The third kappa shape index (κ3) is 2.86. The standard InChI is InChI=1S/C16H24N3/c1-17-11-13-19(14-12-17)16-8-4-3-7-15(16)18-9-5-2-6-10-18/h3,7-8H,2,5-6,9-14H2,1H3. The number of benzene rings is 1. The first-order valence-electron chi connectivity index (χ1n) is 7.53. The van der Waals surface area contributed by atoms with Crippen molar-refractivity contribution in [1.82, 2.24) is 4.90 Å². The lowest BCUT2D eigenvalue weighted by atomic mass is 10.1. The molecule has 2 heterocycles. The van der Waals surface area contributed by atoms with E-state index in [4.69, 9.17) is 0 Å². The number of hydrogen-bond donors (Lipinski definition) is 0. The highest BCUT2D eigenvalue weighted by atomic mass is 15.3. The molecule has 2 fully saturated rings. The molecule has 0 bridgehead atoms. The Morgan fingerprint density at radius 1 is 0.842 bits per heavy atom. The van der Waals surface area contributed by atoms with Gasteiger partial charge in [-0.1, -0.05) is 6.07 Å². The second-order valence-electron chi connectivity index (χ2n) is 5.75. The smallest absolute Gasteiger partial charge is 0.0611 e. The van der Waals surface area contributed by atoms with Crippen LogP contribution in [0.3, 0.4) is 0 Å². The summed E-state index contributed by atoms with van der Waals surface area (Å²) < 4.78 is 0. The van der Waals surface area contributed by atoms with Gasteiger partial charge in [0.25, 0.3) is 0 Å². The van der Waals surface area contributed by atoms with E-state index in [1.807, 2.05) is 0 Å². The van der Waals surface area contributed by atoms with E-state index in [0.717, 1.165) is 26.2 Å². The molecule has 0 spiro atoms. The van der Waals surface area contributed by atoms with Crippen molar-refractivity contribution < 1.29 is 0 Å². The predicted molar refractivity (Wildman–Crippen MR) is 81.1 cm³/mol. The van der Waals surface area contributed by atoms with Gasteiger partial charge in [-0.2, -0.15) is 0 Å². The van der Waals surface area contributed by atoms with Gasteiger partial charge in [0.2, 0.25) is 0 Å². The summed E-state index contributed by atoms with van der Waals surface area (Å²) in [6, 6.07) is 9.75. The number of likely N-dealkylation sites (N-methyl/N-ethyl adjacent to an activating group) is 1. The van der Waals surface area contributed by atoms with Gasteiger partial charge < -0.3 is 14.7 Å². The number of rotatable bonds is 2. The maximum atomic E-state index is 3.27. The first kappa shape index (κ1) is 12.8. The average molecular weight is 258 g/mol. The number of nitrogens with zero attached hydrogens (tertiary/aromatic N) is 3. The van der Waals surface area contributed by atoms with Crippen molar-refractivity contribution in [1.29, 1.82) is 0 Å². The normalized spacial score (nSPS) is 21.7. The van der Waals surface area contributed by atoms with Crippen LogP contribution < -0.4 is 9.80 Å². The zero-order valence-corrected chi connectivity index (χ0v) is 11.9. The minimum Gasteiger partial charge on any atom is -0.370 e. The molecule has 0 aromatic heterocycles. The Hall–Kier alpha value is -1.22. The molecule has 1 aromatic carbocycles. The van der Waals surface area contributed by atoms with Gasteiger partial charge in [-0.05, 0) is 44.5 Å². The second-order valence-corrected chi connectivity index (χ2v) is 5.75. The summed E-state index contributed by atoms with van der Waals surface area (Å²) in [4.78, 5) is 7.50. The van der Waals surface area contributed by atoms with E-state index in [9.17, 15) is 0 Å². The van der Waals surface area contributed by atoms with Crippen LogP contribution in [0, 0.1) is 6.07 Å². The fourth-order valence-electron chi connectivity index (χ4n) is 3.12. The molecule has 0 saturated carbocycles. The quantitative estimate of drug-likeness (QED) is 0.805. The number of piperidine rings is 1. The third-order valence-corrected chi connectivity index (χ3v) is 4.36. The fraction of sp³-hybridized carbons (Fsp3) is 0.625. The lowest BCUT2D eigenvalue weighted by molar-refractivity contribution is 0.313. The van der Waals surface area contributed by atoms with Crippen LogP contribution in [-0.4, -0.2) is 51.2 Å². The van der Waals surface area contributed by atoms with E-state index in [1.165, 1.54) is 43.7 Å². The van der Waals surface area contributed by atoms with Gasteiger partial charge in [0.05, 0.1) is 11.4 Å². The maximum Gasteiger partial charge on any atom is 0.0611 e. The molecule has 3 heteroatoms. The van der Waals surface area contributed by atoms with E-state index in [0.29, 0.717) is 0 Å². The Bertz CT molecular complexity index is 404. The number of anilines is 2.